The first-order valence-electron chi connectivity index (χ1n) is 11.1. The van der Waals surface area contributed by atoms with E-state index in [0.29, 0.717) is 6.54 Å². The van der Waals surface area contributed by atoms with Crippen LogP contribution in [-0.4, -0.2) is 20.9 Å². The van der Waals surface area contributed by atoms with Crippen LogP contribution in [0.3, 0.4) is 0 Å². The van der Waals surface area contributed by atoms with Crippen LogP contribution in [0.2, 0.25) is 5.28 Å². The zero-order valence-electron chi connectivity index (χ0n) is 18.0. The van der Waals surface area contributed by atoms with Crippen molar-refractivity contribution < 1.29 is 4.79 Å². The first-order chi connectivity index (χ1) is 14.8. The molecule has 0 aliphatic heterocycles. The number of rotatable bonds is 5. The number of aryl methyl sites for hydroxylation is 2. The molecule has 0 saturated heterocycles. The molecule has 6 rings (SSSR count). The number of carbonyl (C=O) groups excluding carboxylic acids is 1. The van der Waals surface area contributed by atoms with Crippen molar-refractivity contribution in [2.45, 2.75) is 64.5 Å². The van der Waals surface area contributed by atoms with Gasteiger partial charge >= 0.3 is 5.37 Å². The fraction of sp³-hybridized carbons (Fsp3) is 0.542. The number of halogens is 2. The molecule has 4 saturated carbocycles. The van der Waals surface area contributed by atoms with Gasteiger partial charge in [0.05, 0.1) is 12.2 Å². The molecular formula is C24H28Cl2N4O. The molecule has 0 unspecified atom stereocenters. The van der Waals surface area contributed by atoms with Gasteiger partial charge in [0.15, 0.2) is 0 Å². The van der Waals surface area contributed by atoms with E-state index in [2.05, 4.69) is 15.3 Å². The van der Waals surface area contributed by atoms with Gasteiger partial charge in [-0.15, -0.1) is 0 Å². The van der Waals surface area contributed by atoms with E-state index >= 15 is 0 Å². The van der Waals surface area contributed by atoms with Gasteiger partial charge in [-0.1, -0.05) is 18.2 Å². The number of amides is 1. The summed E-state index contributed by atoms with van der Waals surface area (Å²) in [6.45, 7) is 4.27. The maximum atomic E-state index is 12.4. The molecule has 1 heterocycles. The van der Waals surface area contributed by atoms with E-state index in [9.17, 15) is 4.79 Å². The Morgan fingerprint density at radius 1 is 1.13 bits per heavy atom. The van der Waals surface area contributed by atoms with E-state index in [4.69, 9.17) is 23.2 Å². The fourth-order valence-corrected chi connectivity index (χ4v) is 7.03. The summed E-state index contributed by atoms with van der Waals surface area (Å²) in [5, 5.41) is 3.50. The maximum Gasteiger partial charge on any atom is 0.321 e. The molecule has 0 atom stereocenters. The van der Waals surface area contributed by atoms with E-state index in [-0.39, 0.29) is 10.8 Å². The fourth-order valence-electron chi connectivity index (χ4n) is 6.75. The number of benzene rings is 1. The first-order valence-corrected chi connectivity index (χ1v) is 11.9. The van der Waals surface area contributed by atoms with Crippen molar-refractivity contribution in [1.29, 1.82) is 0 Å². The van der Waals surface area contributed by atoms with Crippen LogP contribution in [0.1, 0.15) is 55.2 Å². The van der Waals surface area contributed by atoms with E-state index in [1.54, 1.807) is 11.1 Å². The number of hydrogen-bond acceptors (Lipinski definition) is 4. The topological polar surface area (TPSA) is 58.1 Å². The lowest BCUT2D eigenvalue weighted by Gasteiger charge is -2.57. The number of aromatic nitrogens is 2. The highest BCUT2D eigenvalue weighted by Gasteiger charge is 2.51. The van der Waals surface area contributed by atoms with Crippen LogP contribution in [-0.2, 0) is 6.54 Å². The van der Waals surface area contributed by atoms with Crippen LogP contribution < -0.4 is 10.2 Å². The van der Waals surface area contributed by atoms with Gasteiger partial charge in [-0.25, -0.2) is 9.97 Å². The average Bonchev–Trinajstić information content (AvgIpc) is 2.67. The highest BCUT2D eigenvalue weighted by atomic mass is 35.5. The Labute approximate surface area is 193 Å². The van der Waals surface area contributed by atoms with Crippen molar-refractivity contribution in [3.05, 3.63) is 46.4 Å². The minimum absolute atomic E-state index is 0.0789. The maximum absolute atomic E-state index is 12.4. The molecule has 2 aromatic rings. The van der Waals surface area contributed by atoms with Crippen LogP contribution in [0, 0.1) is 31.6 Å². The quantitative estimate of drug-likeness (QED) is 0.315. The van der Waals surface area contributed by atoms with Crippen molar-refractivity contribution in [3.63, 3.8) is 0 Å². The Morgan fingerprint density at radius 3 is 2.26 bits per heavy atom. The third kappa shape index (κ3) is 4.03. The number of anilines is 2. The lowest BCUT2D eigenvalue weighted by Crippen LogP contribution is -2.55. The summed E-state index contributed by atoms with van der Waals surface area (Å²) < 4.78 is 0. The molecule has 1 aromatic heterocycles. The van der Waals surface area contributed by atoms with E-state index in [1.807, 2.05) is 32.0 Å². The summed E-state index contributed by atoms with van der Waals surface area (Å²) in [5.74, 6) is 3.18. The summed E-state index contributed by atoms with van der Waals surface area (Å²) in [7, 11) is 0. The molecule has 4 bridgehead atoms. The van der Waals surface area contributed by atoms with Gasteiger partial charge in [0.2, 0.25) is 5.28 Å². The molecule has 0 spiro atoms. The lowest BCUT2D eigenvalue weighted by molar-refractivity contribution is 0.0105. The SMILES string of the molecule is Cc1cccc(C)c1N(Cc1cnc(Cl)nc1NC12CC3CC(CC(C3)C1)C2)C(=O)Cl. The standard InChI is InChI=1S/C24H28Cl2N4O/c1-14-4-3-5-15(2)20(14)30(23(26)31)13-19-12-27-22(25)28-21(19)29-24-9-16-6-17(10-24)8-18(7-16)11-24/h3-5,12,16-18H,6-11,13H2,1-2H3,(H,27,28,29). The molecule has 31 heavy (non-hydrogen) atoms. The minimum Gasteiger partial charge on any atom is -0.364 e. The molecule has 7 heteroatoms. The molecule has 4 aliphatic carbocycles. The molecule has 1 N–H and O–H groups in total. The van der Waals surface area contributed by atoms with Crippen molar-refractivity contribution in [2.24, 2.45) is 17.8 Å². The highest BCUT2D eigenvalue weighted by molar-refractivity contribution is 6.66. The Hall–Kier alpha value is -1.85. The van der Waals surface area contributed by atoms with E-state index in [0.717, 1.165) is 45.9 Å². The minimum atomic E-state index is -0.520. The first kappa shape index (κ1) is 21.0. The highest BCUT2D eigenvalue weighted by Crippen LogP contribution is 2.56. The van der Waals surface area contributed by atoms with E-state index in [1.165, 1.54) is 38.5 Å². The van der Waals surface area contributed by atoms with Crippen LogP contribution in [0.5, 0.6) is 0 Å². The second kappa shape index (κ2) is 7.93. The number of nitrogens with one attached hydrogen (secondary N) is 1. The summed E-state index contributed by atoms with van der Waals surface area (Å²) in [6.07, 6.45) is 9.41. The van der Waals surface area contributed by atoms with Crippen LogP contribution in [0.15, 0.2) is 24.4 Å². The average molecular weight is 459 g/mol. The predicted molar refractivity (Wildman–Crippen MR) is 125 cm³/mol. The smallest absolute Gasteiger partial charge is 0.321 e. The predicted octanol–water partition coefficient (Wildman–Crippen LogP) is 6.49. The monoisotopic (exact) mass is 458 g/mol. The van der Waals surface area contributed by atoms with Crippen molar-refractivity contribution in [2.75, 3.05) is 10.2 Å². The summed E-state index contributed by atoms with van der Waals surface area (Å²) >= 11 is 12.3. The van der Waals surface area contributed by atoms with Gasteiger partial charge in [-0.3, -0.25) is 9.69 Å². The number of hydrogen-bond donors (Lipinski definition) is 1. The van der Waals surface area contributed by atoms with Gasteiger partial charge in [0, 0.05) is 17.3 Å². The normalized spacial score (nSPS) is 28.6. The molecule has 5 nitrogen and oxygen atoms in total. The van der Waals surface area contributed by atoms with E-state index < -0.39 is 5.37 Å². The molecule has 164 valence electrons. The van der Waals surface area contributed by atoms with Crippen LogP contribution in [0.4, 0.5) is 16.3 Å². The largest absolute Gasteiger partial charge is 0.364 e. The third-order valence-corrected chi connectivity index (χ3v) is 7.89. The number of para-hydroxylation sites is 1. The van der Waals surface area contributed by atoms with Gasteiger partial charge in [0.1, 0.15) is 5.82 Å². The van der Waals surface area contributed by atoms with Crippen molar-refractivity contribution in [1.82, 2.24) is 9.97 Å². The van der Waals surface area contributed by atoms with Gasteiger partial charge in [0.25, 0.3) is 0 Å². The molecule has 1 amide bonds. The summed E-state index contributed by atoms with van der Waals surface area (Å²) in [5.41, 5.74) is 3.74. The van der Waals surface area contributed by atoms with Gasteiger partial charge in [-0.2, -0.15) is 0 Å². The van der Waals surface area contributed by atoms with Crippen LogP contribution >= 0.6 is 23.2 Å². The van der Waals surface area contributed by atoms with Gasteiger partial charge in [-0.05, 0) is 104 Å². The van der Waals surface area contributed by atoms with Crippen LogP contribution in [0.25, 0.3) is 0 Å². The summed E-state index contributed by atoms with van der Waals surface area (Å²) in [6, 6.07) is 5.96. The zero-order valence-corrected chi connectivity index (χ0v) is 19.5. The number of nitrogens with zero attached hydrogens (tertiary/aromatic N) is 3. The lowest BCUT2D eigenvalue weighted by atomic mass is 9.53. The summed E-state index contributed by atoms with van der Waals surface area (Å²) in [4.78, 5) is 22.8. The zero-order chi connectivity index (χ0) is 21.8. The molecule has 1 aromatic carbocycles. The second-order valence-electron chi connectivity index (χ2n) is 9.92. The Balaban J connectivity index is 1.47. The third-order valence-electron chi connectivity index (χ3n) is 7.51. The molecule has 0 radical (unpaired) electrons. The van der Waals surface area contributed by atoms with Crippen molar-refractivity contribution in [3.8, 4) is 0 Å². The van der Waals surface area contributed by atoms with Gasteiger partial charge < -0.3 is 5.32 Å². The Bertz CT molecular complexity index is 969. The molecule has 4 aliphatic rings. The Morgan fingerprint density at radius 2 is 1.71 bits per heavy atom. The molecular weight excluding hydrogens is 431 g/mol. The number of carbonyl (C=O) groups is 1. The second-order valence-corrected chi connectivity index (χ2v) is 10.6. The molecule has 4 fully saturated rings. The van der Waals surface area contributed by atoms with Crippen molar-refractivity contribution >= 4 is 40.1 Å². The Kier molecular flexibility index (Phi) is 5.38.